The van der Waals surface area contributed by atoms with Crippen LogP contribution in [0.3, 0.4) is 0 Å². The standard InChI is InChI=1S/C19H19FN6O3S/c1-13-22-23-24-26(13)15-7-8-17(20)18(12-15)21-19(27)14-5-4-6-16(11-14)30(28,29)25-9-2-3-10-25/h4-8,11-12H,2-3,9-10H2,1H3,(H,21,27). The summed E-state index contributed by atoms with van der Waals surface area (Å²) in [6.07, 6.45) is 1.63. The van der Waals surface area contributed by atoms with Gasteiger partial charge in [0.25, 0.3) is 5.91 Å². The first-order chi connectivity index (χ1) is 14.4. The Morgan fingerprint density at radius 3 is 2.60 bits per heavy atom. The first-order valence-electron chi connectivity index (χ1n) is 9.33. The number of anilines is 1. The number of aryl methyl sites for hydroxylation is 1. The Labute approximate surface area is 172 Å². The van der Waals surface area contributed by atoms with E-state index < -0.39 is 21.7 Å². The van der Waals surface area contributed by atoms with E-state index in [0.717, 1.165) is 12.8 Å². The van der Waals surface area contributed by atoms with Crippen LogP contribution in [-0.2, 0) is 10.0 Å². The van der Waals surface area contributed by atoms with Gasteiger partial charge in [0.05, 0.1) is 16.3 Å². The number of sulfonamides is 1. The molecule has 1 amide bonds. The molecule has 2 aromatic carbocycles. The van der Waals surface area contributed by atoms with Gasteiger partial charge in [0.2, 0.25) is 10.0 Å². The Bertz CT molecular complexity index is 1200. The molecule has 0 bridgehead atoms. The summed E-state index contributed by atoms with van der Waals surface area (Å²) in [6, 6.07) is 9.81. The number of hydrogen-bond acceptors (Lipinski definition) is 6. The largest absolute Gasteiger partial charge is 0.319 e. The van der Waals surface area contributed by atoms with Crippen LogP contribution in [0.25, 0.3) is 5.69 Å². The van der Waals surface area contributed by atoms with E-state index in [-0.39, 0.29) is 16.1 Å². The molecule has 1 saturated heterocycles. The SMILES string of the molecule is Cc1nnnn1-c1ccc(F)c(NC(=O)c2cccc(S(=O)(=O)N3CCCC3)c2)c1. The van der Waals surface area contributed by atoms with Crippen molar-refractivity contribution in [3.05, 3.63) is 59.7 Å². The number of carbonyl (C=O) groups is 1. The third-order valence-electron chi connectivity index (χ3n) is 4.87. The van der Waals surface area contributed by atoms with Crippen LogP contribution in [0.2, 0.25) is 0 Å². The predicted octanol–water partition coefficient (Wildman–Crippen LogP) is 2.15. The Hall–Kier alpha value is -3.18. The van der Waals surface area contributed by atoms with Crippen LogP contribution < -0.4 is 5.32 Å². The molecule has 0 radical (unpaired) electrons. The molecule has 30 heavy (non-hydrogen) atoms. The molecule has 1 aromatic heterocycles. The highest BCUT2D eigenvalue weighted by molar-refractivity contribution is 7.89. The van der Waals surface area contributed by atoms with Crippen molar-refractivity contribution in [3.8, 4) is 5.69 Å². The van der Waals surface area contributed by atoms with Gasteiger partial charge in [-0.1, -0.05) is 6.07 Å². The first-order valence-corrected chi connectivity index (χ1v) is 10.8. The summed E-state index contributed by atoms with van der Waals surface area (Å²) in [5, 5.41) is 13.6. The summed E-state index contributed by atoms with van der Waals surface area (Å²) >= 11 is 0. The third-order valence-corrected chi connectivity index (χ3v) is 6.76. The molecule has 9 nitrogen and oxygen atoms in total. The van der Waals surface area contributed by atoms with Crippen LogP contribution in [0.15, 0.2) is 47.4 Å². The normalized spacial score (nSPS) is 14.7. The van der Waals surface area contributed by atoms with Crippen molar-refractivity contribution < 1.29 is 17.6 Å². The summed E-state index contributed by atoms with van der Waals surface area (Å²) in [5.74, 6) is -0.768. The fourth-order valence-electron chi connectivity index (χ4n) is 3.28. The van der Waals surface area contributed by atoms with E-state index in [1.165, 1.54) is 51.5 Å². The van der Waals surface area contributed by atoms with E-state index in [4.69, 9.17) is 0 Å². The molecule has 11 heteroatoms. The third kappa shape index (κ3) is 3.81. The summed E-state index contributed by atoms with van der Waals surface area (Å²) in [6.45, 7) is 2.62. The van der Waals surface area contributed by atoms with Crippen LogP contribution in [0, 0.1) is 12.7 Å². The molecular weight excluding hydrogens is 411 g/mol. The van der Waals surface area contributed by atoms with E-state index in [2.05, 4.69) is 20.8 Å². The van der Waals surface area contributed by atoms with Gasteiger partial charge in [-0.15, -0.1) is 5.10 Å². The lowest BCUT2D eigenvalue weighted by Crippen LogP contribution is -2.28. The smallest absolute Gasteiger partial charge is 0.255 e. The second-order valence-electron chi connectivity index (χ2n) is 6.90. The lowest BCUT2D eigenvalue weighted by molar-refractivity contribution is 0.102. The van der Waals surface area contributed by atoms with Crippen molar-refractivity contribution >= 4 is 21.6 Å². The number of aromatic nitrogens is 4. The summed E-state index contributed by atoms with van der Waals surface area (Å²) in [4.78, 5) is 12.7. The van der Waals surface area contributed by atoms with Gasteiger partial charge in [0.1, 0.15) is 5.82 Å². The number of amides is 1. The number of nitrogens with one attached hydrogen (secondary N) is 1. The second-order valence-corrected chi connectivity index (χ2v) is 8.83. The Kier molecular flexibility index (Phi) is 5.31. The molecule has 0 saturated carbocycles. The fraction of sp³-hybridized carbons (Fsp3) is 0.263. The van der Waals surface area contributed by atoms with Gasteiger partial charge >= 0.3 is 0 Å². The van der Waals surface area contributed by atoms with Crippen LogP contribution in [0.1, 0.15) is 29.0 Å². The van der Waals surface area contributed by atoms with E-state index in [1.54, 1.807) is 6.92 Å². The van der Waals surface area contributed by atoms with Gasteiger partial charge in [-0.3, -0.25) is 4.79 Å². The predicted molar refractivity (Wildman–Crippen MR) is 106 cm³/mol. The van der Waals surface area contributed by atoms with E-state index >= 15 is 0 Å². The summed E-state index contributed by atoms with van der Waals surface area (Å²) < 4.78 is 42.6. The molecule has 2 heterocycles. The maximum atomic E-state index is 14.3. The molecule has 0 unspecified atom stereocenters. The number of halogens is 1. The van der Waals surface area contributed by atoms with Crippen molar-refractivity contribution in [1.82, 2.24) is 24.5 Å². The van der Waals surface area contributed by atoms with Crippen LogP contribution >= 0.6 is 0 Å². The Morgan fingerprint density at radius 2 is 1.90 bits per heavy atom. The minimum Gasteiger partial charge on any atom is -0.319 e. The molecule has 1 fully saturated rings. The van der Waals surface area contributed by atoms with Gasteiger partial charge in [0.15, 0.2) is 5.82 Å². The summed E-state index contributed by atoms with van der Waals surface area (Å²) in [5.41, 5.74) is 0.512. The lowest BCUT2D eigenvalue weighted by atomic mass is 10.2. The topological polar surface area (TPSA) is 110 Å². The number of nitrogens with zero attached hydrogens (tertiary/aromatic N) is 5. The van der Waals surface area contributed by atoms with Crippen molar-refractivity contribution in [3.63, 3.8) is 0 Å². The number of rotatable bonds is 5. The molecule has 1 N–H and O–H groups in total. The molecule has 1 aliphatic rings. The van der Waals surface area contributed by atoms with E-state index in [0.29, 0.717) is 24.6 Å². The van der Waals surface area contributed by atoms with E-state index in [1.807, 2.05) is 0 Å². The van der Waals surface area contributed by atoms with E-state index in [9.17, 15) is 17.6 Å². The van der Waals surface area contributed by atoms with Crippen LogP contribution in [0.4, 0.5) is 10.1 Å². The van der Waals surface area contributed by atoms with Gasteiger partial charge in [-0.2, -0.15) is 8.99 Å². The zero-order valence-electron chi connectivity index (χ0n) is 16.1. The fourth-order valence-corrected chi connectivity index (χ4v) is 4.84. The molecule has 3 aromatic rings. The van der Waals surface area contributed by atoms with Crippen molar-refractivity contribution in [2.24, 2.45) is 0 Å². The van der Waals surface area contributed by atoms with Crippen LogP contribution in [-0.4, -0.2) is 51.9 Å². The Balaban J connectivity index is 1.60. The van der Waals surface area contributed by atoms with Crippen molar-refractivity contribution in [2.45, 2.75) is 24.7 Å². The highest BCUT2D eigenvalue weighted by Crippen LogP contribution is 2.23. The number of hydrogen-bond donors (Lipinski definition) is 1. The van der Waals surface area contributed by atoms with Crippen LogP contribution in [0.5, 0.6) is 0 Å². The van der Waals surface area contributed by atoms with Gasteiger partial charge in [0, 0.05) is 18.7 Å². The highest BCUT2D eigenvalue weighted by Gasteiger charge is 2.27. The average Bonchev–Trinajstić information content (AvgIpc) is 3.42. The van der Waals surface area contributed by atoms with Gasteiger partial charge < -0.3 is 5.32 Å². The molecular formula is C19H19FN6O3S. The molecule has 0 spiro atoms. The Morgan fingerprint density at radius 1 is 1.13 bits per heavy atom. The number of benzene rings is 2. The molecule has 0 aliphatic carbocycles. The molecule has 4 rings (SSSR count). The minimum atomic E-state index is -3.66. The zero-order valence-corrected chi connectivity index (χ0v) is 16.9. The zero-order chi connectivity index (χ0) is 21.3. The summed E-state index contributed by atoms with van der Waals surface area (Å²) in [7, 11) is -3.66. The minimum absolute atomic E-state index is 0.0376. The molecule has 0 atom stereocenters. The molecule has 156 valence electrons. The first kappa shape index (κ1) is 20.1. The maximum Gasteiger partial charge on any atom is 0.255 e. The van der Waals surface area contributed by atoms with Gasteiger partial charge in [-0.25, -0.2) is 12.8 Å². The monoisotopic (exact) mass is 430 g/mol. The van der Waals surface area contributed by atoms with Crippen molar-refractivity contribution in [1.29, 1.82) is 0 Å². The second kappa shape index (κ2) is 7.92. The number of tetrazole rings is 1. The quantitative estimate of drug-likeness (QED) is 0.664. The van der Waals surface area contributed by atoms with Crippen molar-refractivity contribution in [2.75, 3.05) is 18.4 Å². The molecule has 1 aliphatic heterocycles. The highest BCUT2D eigenvalue weighted by atomic mass is 32.2. The maximum absolute atomic E-state index is 14.3. The van der Waals surface area contributed by atoms with Gasteiger partial charge in [-0.05, 0) is 66.6 Å². The number of carbonyl (C=O) groups excluding carboxylic acids is 1. The lowest BCUT2D eigenvalue weighted by Gasteiger charge is -2.16. The average molecular weight is 430 g/mol.